The first-order chi connectivity index (χ1) is 17.5. The topological polar surface area (TPSA) is 80.3 Å². The van der Waals surface area contributed by atoms with Crippen molar-refractivity contribution in [2.24, 2.45) is 0 Å². The minimum absolute atomic E-state index is 0. The van der Waals surface area contributed by atoms with E-state index < -0.39 is 11.9 Å². The molecule has 0 aromatic heterocycles. The van der Waals surface area contributed by atoms with Crippen LogP contribution < -0.4 is 10.2 Å². The number of aliphatic carboxylic acids is 2. The van der Waals surface area contributed by atoms with Gasteiger partial charge >= 0.3 is 26.2 Å². The Morgan fingerprint density at radius 3 is 0.676 bits per heavy atom. The first-order valence-corrected chi connectivity index (χ1v) is 15.9. The molecule has 0 spiro atoms. The third-order valence-corrected chi connectivity index (χ3v) is 6.97. The van der Waals surface area contributed by atoms with Crippen LogP contribution in [0.1, 0.15) is 194 Å². The summed E-state index contributed by atoms with van der Waals surface area (Å²) in [5, 5.41) is 20.4. The van der Waals surface area contributed by atoms with Gasteiger partial charge in [-0.05, 0) is 25.7 Å². The molecule has 37 heavy (non-hydrogen) atoms. The van der Waals surface area contributed by atoms with Gasteiger partial charge in [0.25, 0.3) is 0 Å². The standard InChI is InChI=1S/2C16H32O2.Zr/c2*1-2-3-4-5-6-7-8-9-10-11-12-13-14-15-16(17)18;/h2*2-15H2,1H3,(H,17,18);/q;;+2/p-2. The van der Waals surface area contributed by atoms with Crippen molar-refractivity contribution in [1.82, 2.24) is 0 Å². The summed E-state index contributed by atoms with van der Waals surface area (Å²) >= 11 is 0. The molecule has 0 saturated carbocycles. The van der Waals surface area contributed by atoms with Gasteiger partial charge in [-0.2, -0.15) is 0 Å². The minimum Gasteiger partial charge on any atom is -0.550 e. The maximum absolute atomic E-state index is 10.2. The third-order valence-electron chi connectivity index (χ3n) is 6.97. The summed E-state index contributed by atoms with van der Waals surface area (Å²) in [5.74, 6) is -1.81. The van der Waals surface area contributed by atoms with Gasteiger partial charge in [-0.3, -0.25) is 0 Å². The van der Waals surface area contributed by atoms with Crippen LogP contribution in [0, 0.1) is 0 Å². The molecule has 0 unspecified atom stereocenters. The van der Waals surface area contributed by atoms with Gasteiger partial charge < -0.3 is 19.8 Å². The van der Waals surface area contributed by atoms with E-state index in [2.05, 4.69) is 13.8 Å². The molecule has 0 aliphatic heterocycles. The van der Waals surface area contributed by atoms with E-state index in [1.54, 1.807) is 0 Å². The maximum Gasteiger partial charge on any atom is 2.00 e. The van der Waals surface area contributed by atoms with Crippen LogP contribution in [-0.4, -0.2) is 11.9 Å². The Bertz CT molecular complexity index is 403. The number of carboxylic acid groups (broad SMARTS) is 2. The molecule has 5 heteroatoms. The van der Waals surface area contributed by atoms with Crippen molar-refractivity contribution in [1.29, 1.82) is 0 Å². The molecule has 0 radical (unpaired) electrons. The molecule has 0 fully saturated rings. The van der Waals surface area contributed by atoms with Crippen LogP contribution in [0.5, 0.6) is 0 Å². The number of rotatable bonds is 28. The van der Waals surface area contributed by atoms with Gasteiger partial charge in [0.05, 0.1) is 0 Å². The quantitative estimate of drug-likeness (QED) is 0.0843. The van der Waals surface area contributed by atoms with Gasteiger partial charge in [0.15, 0.2) is 0 Å². The monoisotopic (exact) mass is 600 g/mol. The molecule has 0 N–H and O–H groups in total. The number of carbonyl (C=O) groups excluding carboxylic acids is 2. The number of unbranched alkanes of at least 4 members (excludes halogenated alkanes) is 24. The van der Waals surface area contributed by atoms with Gasteiger partial charge in [-0.25, -0.2) is 0 Å². The predicted octanol–water partition coefficient (Wildman–Crippen LogP) is 8.43. The summed E-state index contributed by atoms with van der Waals surface area (Å²) in [6.07, 6.45) is 33.9. The number of carboxylic acids is 2. The van der Waals surface area contributed by atoms with E-state index in [0.717, 1.165) is 25.7 Å². The van der Waals surface area contributed by atoms with E-state index >= 15 is 0 Å². The van der Waals surface area contributed by atoms with Gasteiger partial charge in [-0.1, -0.05) is 168 Å². The van der Waals surface area contributed by atoms with Crippen molar-refractivity contribution in [2.75, 3.05) is 0 Å². The molecule has 0 amide bonds. The fourth-order valence-corrected chi connectivity index (χ4v) is 4.57. The van der Waals surface area contributed by atoms with Gasteiger partial charge in [0.1, 0.15) is 0 Å². The minimum atomic E-state index is -0.905. The average Bonchev–Trinajstić information content (AvgIpc) is 2.85. The van der Waals surface area contributed by atoms with Gasteiger partial charge in [0.2, 0.25) is 0 Å². The molecule has 0 bridgehead atoms. The first-order valence-electron chi connectivity index (χ1n) is 15.9. The third kappa shape index (κ3) is 46.1. The summed E-state index contributed by atoms with van der Waals surface area (Å²) in [4.78, 5) is 20.4. The van der Waals surface area contributed by atoms with E-state index in [4.69, 9.17) is 0 Å². The van der Waals surface area contributed by atoms with Crippen molar-refractivity contribution in [3.8, 4) is 0 Å². The van der Waals surface area contributed by atoms with Crippen molar-refractivity contribution < 1.29 is 46.0 Å². The molecule has 0 aliphatic rings. The second-order valence-electron chi connectivity index (χ2n) is 10.7. The molecule has 0 rings (SSSR count). The SMILES string of the molecule is CCCCCCCCCCCCCCCC(=O)[O-].CCCCCCCCCCCCCCCC(=O)[O-].[Zr+2]. The second-order valence-corrected chi connectivity index (χ2v) is 10.7. The fourth-order valence-electron chi connectivity index (χ4n) is 4.57. The Labute approximate surface area is 250 Å². The molecule has 0 atom stereocenters. The largest absolute Gasteiger partial charge is 2.00 e. The Balaban J connectivity index is -0.000000608. The summed E-state index contributed by atoms with van der Waals surface area (Å²) in [6, 6.07) is 0. The van der Waals surface area contributed by atoms with Crippen molar-refractivity contribution >= 4 is 11.9 Å². The molecule has 0 saturated heterocycles. The Morgan fingerprint density at radius 1 is 0.351 bits per heavy atom. The fraction of sp³-hybridized carbons (Fsp3) is 0.938. The smallest absolute Gasteiger partial charge is 0.550 e. The van der Waals surface area contributed by atoms with Gasteiger partial charge in [-0.15, -0.1) is 0 Å². The Hall–Kier alpha value is -0.177. The summed E-state index contributed by atoms with van der Waals surface area (Å²) in [5.41, 5.74) is 0. The maximum atomic E-state index is 10.2. The normalized spacial score (nSPS) is 10.4. The Morgan fingerprint density at radius 2 is 0.514 bits per heavy atom. The molecule has 0 aromatic carbocycles. The van der Waals surface area contributed by atoms with Crippen LogP contribution in [0.15, 0.2) is 0 Å². The zero-order chi connectivity index (χ0) is 27.0. The van der Waals surface area contributed by atoms with E-state index in [0.29, 0.717) is 0 Å². The molecule has 0 aromatic rings. The summed E-state index contributed by atoms with van der Waals surface area (Å²) in [7, 11) is 0. The molecule has 0 aliphatic carbocycles. The van der Waals surface area contributed by atoms with E-state index in [9.17, 15) is 19.8 Å². The van der Waals surface area contributed by atoms with Crippen LogP contribution in [0.4, 0.5) is 0 Å². The number of hydrogen-bond acceptors (Lipinski definition) is 4. The number of carbonyl (C=O) groups is 2. The van der Waals surface area contributed by atoms with E-state index in [1.165, 1.54) is 141 Å². The zero-order valence-electron chi connectivity index (χ0n) is 24.9. The van der Waals surface area contributed by atoms with Crippen LogP contribution in [0.25, 0.3) is 0 Å². The van der Waals surface area contributed by atoms with Crippen molar-refractivity contribution in [3.05, 3.63) is 0 Å². The number of hydrogen-bond donors (Lipinski definition) is 0. The molecule has 4 nitrogen and oxygen atoms in total. The zero-order valence-corrected chi connectivity index (χ0v) is 27.4. The van der Waals surface area contributed by atoms with E-state index in [1.807, 2.05) is 0 Å². The van der Waals surface area contributed by atoms with Crippen molar-refractivity contribution in [3.63, 3.8) is 0 Å². The molecule has 218 valence electrons. The van der Waals surface area contributed by atoms with Gasteiger partial charge in [0, 0.05) is 11.9 Å². The molecular formula is C32H62O4Zr. The van der Waals surface area contributed by atoms with Crippen LogP contribution >= 0.6 is 0 Å². The molecular weight excluding hydrogens is 540 g/mol. The van der Waals surface area contributed by atoms with Crippen molar-refractivity contribution in [2.45, 2.75) is 194 Å². The second kappa shape index (κ2) is 38.0. The van der Waals surface area contributed by atoms with Crippen LogP contribution in [0.2, 0.25) is 0 Å². The molecule has 0 heterocycles. The van der Waals surface area contributed by atoms with E-state index in [-0.39, 0.29) is 39.0 Å². The Kier molecular flexibility index (Phi) is 42.4. The van der Waals surface area contributed by atoms with Crippen LogP contribution in [0.3, 0.4) is 0 Å². The predicted molar refractivity (Wildman–Crippen MR) is 151 cm³/mol. The van der Waals surface area contributed by atoms with Crippen LogP contribution in [-0.2, 0) is 35.8 Å². The first kappa shape index (κ1) is 41.3. The summed E-state index contributed by atoms with van der Waals surface area (Å²) < 4.78 is 0. The average molecular weight is 602 g/mol. The summed E-state index contributed by atoms with van der Waals surface area (Å²) in [6.45, 7) is 4.51.